The van der Waals surface area contributed by atoms with Crippen LogP contribution in [0.1, 0.15) is 29.6 Å². The molecule has 1 aliphatic heterocycles. The van der Waals surface area contributed by atoms with E-state index in [2.05, 4.69) is 0 Å². The normalized spacial score (nSPS) is 15.5. The minimum Gasteiger partial charge on any atom is -0.485 e. The summed E-state index contributed by atoms with van der Waals surface area (Å²) in [5.74, 6) is -0.614. The number of carbonyl (C=O) groups excluding carboxylic acids is 1. The van der Waals surface area contributed by atoms with E-state index in [1.54, 1.807) is 0 Å². The van der Waals surface area contributed by atoms with E-state index in [0.717, 1.165) is 25.3 Å². The van der Waals surface area contributed by atoms with Crippen LogP contribution in [0.4, 0.5) is 4.39 Å². The second kappa shape index (κ2) is 8.37. The van der Waals surface area contributed by atoms with Gasteiger partial charge < -0.3 is 4.74 Å². The highest BCUT2D eigenvalue weighted by atomic mass is 35.5. The number of hydrogen-bond donors (Lipinski definition) is 0. The third kappa shape index (κ3) is 4.66. The van der Waals surface area contributed by atoms with E-state index in [0.29, 0.717) is 18.7 Å². The van der Waals surface area contributed by atoms with Gasteiger partial charge in [-0.3, -0.25) is 4.79 Å². The first-order chi connectivity index (χ1) is 12.9. The van der Waals surface area contributed by atoms with Gasteiger partial charge in [-0.25, -0.2) is 12.8 Å². The van der Waals surface area contributed by atoms with Gasteiger partial charge in [0, 0.05) is 24.7 Å². The number of sulfonamides is 1. The number of ether oxygens (including phenoxy) is 1. The summed E-state index contributed by atoms with van der Waals surface area (Å²) in [5.41, 5.74) is 0.334. The molecule has 2 aromatic rings. The number of carbonyl (C=O) groups is 1. The molecule has 0 radical (unpaired) electrons. The Bertz CT molecular complexity index is 925. The molecule has 8 heteroatoms. The molecule has 1 aliphatic rings. The summed E-state index contributed by atoms with van der Waals surface area (Å²) in [6, 6.07) is 9.64. The van der Waals surface area contributed by atoms with E-state index in [4.69, 9.17) is 16.3 Å². The van der Waals surface area contributed by atoms with Gasteiger partial charge in [-0.2, -0.15) is 4.31 Å². The van der Waals surface area contributed by atoms with Crippen molar-refractivity contribution in [1.82, 2.24) is 4.31 Å². The van der Waals surface area contributed by atoms with Crippen LogP contribution in [0.3, 0.4) is 0 Å². The van der Waals surface area contributed by atoms with E-state index in [1.807, 2.05) is 0 Å². The van der Waals surface area contributed by atoms with Gasteiger partial charge in [-0.1, -0.05) is 18.0 Å². The lowest BCUT2D eigenvalue weighted by Crippen LogP contribution is -2.35. The second-order valence-electron chi connectivity index (χ2n) is 6.28. The van der Waals surface area contributed by atoms with E-state index in [9.17, 15) is 17.6 Å². The lowest BCUT2D eigenvalue weighted by Gasteiger charge is -2.25. The van der Waals surface area contributed by atoms with Crippen LogP contribution in [0.15, 0.2) is 47.4 Å². The topological polar surface area (TPSA) is 63.7 Å². The Morgan fingerprint density at radius 1 is 1.07 bits per heavy atom. The quantitative estimate of drug-likeness (QED) is 0.676. The number of hydrogen-bond acceptors (Lipinski definition) is 4. The monoisotopic (exact) mass is 411 g/mol. The molecule has 1 heterocycles. The Morgan fingerprint density at radius 3 is 2.37 bits per heavy atom. The molecule has 0 amide bonds. The molecule has 27 heavy (non-hydrogen) atoms. The summed E-state index contributed by atoms with van der Waals surface area (Å²) >= 11 is 5.67. The first-order valence-electron chi connectivity index (χ1n) is 8.59. The van der Waals surface area contributed by atoms with Crippen molar-refractivity contribution < 1.29 is 22.3 Å². The van der Waals surface area contributed by atoms with Crippen molar-refractivity contribution in [1.29, 1.82) is 0 Å². The largest absolute Gasteiger partial charge is 0.485 e. The smallest absolute Gasteiger partial charge is 0.243 e. The molecular weight excluding hydrogens is 393 g/mol. The van der Waals surface area contributed by atoms with Crippen molar-refractivity contribution in [2.75, 3.05) is 19.7 Å². The van der Waals surface area contributed by atoms with Gasteiger partial charge in [-0.05, 0) is 49.2 Å². The van der Waals surface area contributed by atoms with Gasteiger partial charge in [0.15, 0.2) is 12.4 Å². The van der Waals surface area contributed by atoms with Crippen LogP contribution >= 0.6 is 11.6 Å². The predicted molar refractivity (Wildman–Crippen MR) is 100 cm³/mol. The zero-order valence-corrected chi connectivity index (χ0v) is 16.1. The van der Waals surface area contributed by atoms with Crippen molar-refractivity contribution >= 4 is 27.4 Å². The Balaban J connectivity index is 1.65. The predicted octanol–water partition coefficient (Wildman–Crippen LogP) is 3.92. The van der Waals surface area contributed by atoms with E-state index < -0.39 is 15.8 Å². The first kappa shape index (κ1) is 19.8. The maximum Gasteiger partial charge on any atom is 0.243 e. The van der Waals surface area contributed by atoms with Gasteiger partial charge in [0.2, 0.25) is 10.0 Å². The number of halogens is 2. The average molecular weight is 412 g/mol. The SMILES string of the molecule is O=C(COc1ccc(F)c(Cl)c1)c1ccc(S(=O)(=O)N2CCCCC2)cc1. The molecule has 0 spiro atoms. The van der Waals surface area contributed by atoms with Crippen LogP contribution < -0.4 is 4.74 Å². The lowest BCUT2D eigenvalue weighted by molar-refractivity contribution is 0.0921. The Morgan fingerprint density at radius 2 is 1.74 bits per heavy atom. The van der Waals surface area contributed by atoms with Crippen LogP contribution in [0.2, 0.25) is 5.02 Å². The van der Waals surface area contributed by atoms with Crippen molar-refractivity contribution in [2.45, 2.75) is 24.2 Å². The Labute approximate surface area is 162 Å². The zero-order valence-electron chi connectivity index (χ0n) is 14.5. The zero-order chi connectivity index (χ0) is 19.4. The van der Waals surface area contributed by atoms with E-state index >= 15 is 0 Å². The number of benzene rings is 2. The Hall–Kier alpha value is -1.96. The van der Waals surface area contributed by atoms with Gasteiger partial charge in [0.25, 0.3) is 0 Å². The molecule has 5 nitrogen and oxygen atoms in total. The van der Waals surface area contributed by atoms with Crippen LogP contribution in [0, 0.1) is 5.82 Å². The number of rotatable bonds is 6. The van der Waals surface area contributed by atoms with Gasteiger partial charge in [0.05, 0.1) is 9.92 Å². The van der Waals surface area contributed by atoms with Crippen molar-refractivity contribution in [2.24, 2.45) is 0 Å². The molecule has 0 atom stereocenters. The maximum absolute atomic E-state index is 13.1. The van der Waals surface area contributed by atoms with Gasteiger partial charge in [0.1, 0.15) is 11.6 Å². The summed E-state index contributed by atoms with van der Waals surface area (Å²) in [6.45, 7) is 0.786. The molecular formula is C19H19ClFNO4S. The van der Waals surface area contributed by atoms with Crippen LogP contribution in [0.5, 0.6) is 5.75 Å². The number of piperidine rings is 1. The molecule has 0 aliphatic carbocycles. The minimum atomic E-state index is -3.53. The summed E-state index contributed by atoms with van der Waals surface area (Å²) in [4.78, 5) is 12.4. The molecule has 0 saturated carbocycles. The Kier molecular flexibility index (Phi) is 6.14. The molecule has 0 unspecified atom stereocenters. The molecule has 0 aromatic heterocycles. The third-order valence-corrected chi connectivity index (χ3v) is 6.59. The number of ketones is 1. The molecule has 1 saturated heterocycles. The molecule has 3 rings (SSSR count). The standard InChI is InChI=1S/C19H19ClFNO4S/c20-17-12-15(6-9-18(17)21)26-13-19(23)14-4-7-16(8-5-14)27(24,25)22-10-2-1-3-11-22/h4-9,12H,1-3,10-11,13H2. The molecule has 2 aromatic carbocycles. The van der Waals surface area contributed by atoms with Crippen LogP contribution in [-0.2, 0) is 10.0 Å². The maximum atomic E-state index is 13.1. The van der Waals surface area contributed by atoms with Gasteiger partial charge >= 0.3 is 0 Å². The van der Waals surface area contributed by atoms with E-state index in [-0.39, 0.29) is 28.1 Å². The number of nitrogens with zero attached hydrogens (tertiary/aromatic N) is 1. The average Bonchev–Trinajstić information content (AvgIpc) is 2.69. The summed E-state index contributed by atoms with van der Waals surface area (Å²) in [5, 5.41) is -0.0905. The molecule has 0 N–H and O–H groups in total. The fourth-order valence-corrected chi connectivity index (χ4v) is 4.55. The lowest BCUT2D eigenvalue weighted by atomic mass is 10.1. The van der Waals surface area contributed by atoms with Crippen molar-refractivity contribution in [3.8, 4) is 5.75 Å². The van der Waals surface area contributed by atoms with Crippen molar-refractivity contribution in [3.05, 3.63) is 58.9 Å². The fourth-order valence-electron chi connectivity index (χ4n) is 2.87. The summed E-state index contributed by atoms with van der Waals surface area (Å²) in [6.07, 6.45) is 2.76. The second-order valence-corrected chi connectivity index (χ2v) is 8.62. The fraction of sp³-hybridized carbons (Fsp3) is 0.316. The summed E-state index contributed by atoms with van der Waals surface area (Å²) in [7, 11) is -3.53. The highest BCUT2D eigenvalue weighted by Gasteiger charge is 2.25. The highest BCUT2D eigenvalue weighted by Crippen LogP contribution is 2.22. The molecule has 1 fully saturated rings. The highest BCUT2D eigenvalue weighted by molar-refractivity contribution is 7.89. The first-order valence-corrected chi connectivity index (χ1v) is 10.4. The van der Waals surface area contributed by atoms with Crippen LogP contribution in [-0.4, -0.2) is 38.2 Å². The van der Waals surface area contributed by atoms with Crippen molar-refractivity contribution in [3.63, 3.8) is 0 Å². The van der Waals surface area contributed by atoms with Gasteiger partial charge in [-0.15, -0.1) is 0 Å². The summed E-state index contributed by atoms with van der Waals surface area (Å²) < 4.78 is 45.2. The number of Topliss-reactive ketones (excluding diaryl/α,β-unsaturated/α-hetero) is 1. The van der Waals surface area contributed by atoms with E-state index in [1.165, 1.54) is 40.7 Å². The third-order valence-electron chi connectivity index (χ3n) is 4.39. The molecule has 0 bridgehead atoms. The minimum absolute atomic E-state index is 0.0905. The van der Waals surface area contributed by atoms with Crippen LogP contribution in [0.25, 0.3) is 0 Å². The molecule has 144 valence electrons.